The van der Waals surface area contributed by atoms with Crippen molar-refractivity contribution in [1.82, 2.24) is 15.4 Å². The van der Waals surface area contributed by atoms with Crippen molar-refractivity contribution in [3.63, 3.8) is 0 Å². The highest BCUT2D eigenvalue weighted by atomic mass is 32.2. The second kappa shape index (κ2) is 8.32. The van der Waals surface area contributed by atoms with E-state index >= 15 is 0 Å². The summed E-state index contributed by atoms with van der Waals surface area (Å²) in [7, 11) is -2.22. The number of carboxylic acid groups (broad SMARTS) is 1. The molecule has 0 aliphatic rings. The van der Waals surface area contributed by atoms with E-state index < -0.39 is 34.0 Å². The number of carbonyl (C=O) groups is 3. The molecule has 0 aromatic carbocycles. The predicted molar refractivity (Wildman–Crippen MR) is 69.2 cm³/mol. The number of nitrogens with two attached hydrogens (primary N) is 1. The van der Waals surface area contributed by atoms with Crippen LogP contribution in [0.2, 0.25) is 0 Å². The first-order valence-corrected chi connectivity index (χ1v) is 7.30. The van der Waals surface area contributed by atoms with Crippen LogP contribution in [0.25, 0.3) is 0 Å². The van der Waals surface area contributed by atoms with Gasteiger partial charge in [0.05, 0.1) is 5.75 Å². The molecule has 0 fully saturated rings. The third-order valence-electron chi connectivity index (χ3n) is 2.25. The number of hydrogen-bond acceptors (Lipinski definition) is 5. The van der Waals surface area contributed by atoms with Crippen LogP contribution in [0, 0.1) is 0 Å². The molecular formula is C9H18N4O6S. The molecule has 10 nitrogen and oxygen atoms in total. The lowest BCUT2D eigenvalue weighted by Crippen LogP contribution is -2.47. The van der Waals surface area contributed by atoms with E-state index in [-0.39, 0.29) is 25.1 Å². The molecule has 0 spiro atoms. The maximum atomic E-state index is 11.4. The third kappa shape index (κ3) is 8.26. The van der Waals surface area contributed by atoms with E-state index in [9.17, 15) is 22.8 Å². The Morgan fingerprint density at radius 3 is 2.35 bits per heavy atom. The lowest BCUT2D eigenvalue weighted by molar-refractivity contribution is -0.139. The fourth-order valence-electron chi connectivity index (χ4n) is 1.15. The summed E-state index contributed by atoms with van der Waals surface area (Å²) in [6.07, 6.45) is -0.335. The summed E-state index contributed by atoms with van der Waals surface area (Å²) < 4.78 is 24.2. The summed E-state index contributed by atoms with van der Waals surface area (Å²) in [6, 6.07) is -2.11. The highest BCUT2D eigenvalue weighted by molar-refractivity contribution is 7.89. The zero-order valence-electron chi connectivity index (χ0n) is 10.9. The number of nitrogens with one attached hydrogen (secondary N) is 3. The van der Waals surface area contributed by atoms with Crippen molar-refractivity contribution in [2.45, 2.75) is 18.9 Å². The second-order valence-corrected chi connectivity index (χ2v) is 5.87. The Kier molecular flexibility index (Phi) is 7.54. The Balaban J connectivity index is 4.20. The zero-order valence-corrected chi connectivity index (χ0v) is 11.7. The van der Waals surface area contributed by atoms with Gasteiger partial charge in [-0.15, -0.1) is 0 Å². The average Bonchev–Trinajstić information content (AvgIpc) is 2.33. The van der Waals surface area contributed by atoms with Crippen LogP contribution in [-0.4, -0.2) is 56.8 Å². The molecule has 116 valence electrons. The minimum absolute atomic E-state index is 0.146. The van der Waals surface area contributed by atoms with Crippen molar-refractivity contribution in [2.75, 3.05) is 19.3 Å². The average molecular weight is 310 g/mol. The van der Waals surface area contributed by atoms with Gasteiger partial charge in [0, 0.05) is 13.0 Å². The highest BCUT2D eigenvalue weighted by Gasteiger charge is 2.20. The molecule has 11 heteroatoms. The third-order valence-corrected chi connectivity index (χ3v) is 3.61. The molecule has 0 aromatic rings. The Hall–Kier alpha value is -1.88. The molecule has 0 aliphatic carbocycles. The van der Waals surface area contributed by atoms with Crippen LogP contribution < -0.4 is 21.1 Å². The van der Waals surface area contributed by atoms with Gasteiger partial charge in [0.15, 0.2) is 0 Å². The molecule has 0 radical (unpaired) electrons. The number of sulfonamides is 1. The predicted octanol–water partition coefficient (Wildman–Crippen LogP) is -2.45. The van der Waals surface area contributed by atoms with Crippen LogP contribution in [0.4, 0.5) is 4.79 Å². The summed E-state index contributed by atoms with van der Waals surface area (Å²) in [6.45, 7) is -0.183. The van der Waals surface area contributed by atoms with Gasteiger partial charge in [0.2, 0.25) is 15.9 Å². The molecule has 20 heavy (non-hydrogen) atoms. The van der Waals surface area contributed by atoms with Gasteiger partial charge in [-0.3, -0.25) is 4.79 Å². The van der Waals surface area contributed by atoms with Crippen molar-refractivity contribution < 1.29 is 27.9 Å². The summed E-state index contributed by atoms with van der Waals surface area (Å²) in [5.41, 5.74) is 4.88. The number of carbonyl (C=O) groups excluding carboxylic acids is 2. The molecule has 0 saturated carbocycles. The van der Waals surface area contributed by atoms with Gasteiger partial charge in [0.1, 0.15) is 6.04 Å². The molecule has 0 rings (SSSR count). The maximum Gasteiger partial charge on any atom is 0.326 e. The lowest BCUT2D eigenvalue weighted by Gasteiger charge is -2.14. The van der Waals surface area contributed by atoms with Gasteiger partial charge in [0.25, 0.3) is 0 Å². The van der Waals surface area contributed by atoms with E-state index in [0.717, 1.165) is 0 Å². The molecular weight excluding hydrogens is 292 g/mol. The number of hydrogen-bond donors (Lipinski definition) is 5. The number of aliphatic carboxylic acids is 1. The van der Waals surface area contributed by atoms with Gasteiger partial charge in [-0.25, -0.2) is 22.7 Å². The SMILES string of the molecule is CNS(=O)(=O)CCNC(=O)N[C@@H](CCC(N)=O)C(=O)O. The van der Waals surface area contributed by atoms with Crippen LogP contribution >= 0.6 is 0 Å². The van der Waals surface area contributed by atoms with Gasteiger partial charge in [-0.2, -0.15) is 0 Å². The monoisotopic (exact) mass is 310 g/mol. The number of carboxylic acids is 1. The van der Waals surface area contributed by atoms with Crippen LogP contribution in [0.1, 0.15) is 12.8 Å². The molecule has 0 aliphatic heterocycles. The maximum absolute atomic E-state index is 11.4. The smallest absolute Gasteiger partial charge is 0.326 e. The van der Waals surface area contributed by atoms with Crippen molar-refractivity contribution in [3.05, 3.63) is 0 Å². The summed E-state index contributed by atoms with van der Waals surface area (Å²) in [4.78, 5) is 32.7. The quantitative estimate of drug-likeness (QED) is 0.317. The first kappa shape index (κ1) is 18.1. The van der Waals surface area contributed by atoms with Gasteiger partial charge in [-0.05, 0) is 13.5 Å². The minimum atomic E-state index is -3.45. The summed E-state index contributed by atoms with van der Waals surface area (Å²) >= 11 is 0. The normalized spacial score (nSPS) is 12.4. The van der Waals surface area contributed by atoms with Crippen molar-refractivity contribution in [2.24, 2.45) is 5.73 Å². The topological polar surface area (TPSA) is 168 Å². The molecule has 0 bridgehead atoms. The zero-order chi connectivity index (χ0) is 15.8. The largest absolute Gasteiger partial charge is 0.480 e. The van der Waals surface area contributed by atoms with Gasteiger partial charge >= 0.3 is 12.0 Å². The van der Waals surface area contributed by atoms with E-state index in [1.807, 2.05) is 0 Å². The number of urea groups is 1. The van der Waals surface area contributed by atoms with E-state index in [1.165, 1.54) is 7.05 Å². The molecule has 3 amide bonds. The molecule has 0 unspecified atom stereocenters. The van der Waals surface area contributed by atoms with Gasteiger partial charge < -0.3 is 21.5 Å². The van der Waals surface area contributed by atoms with E-state index in [4.69, 9.17) is 10.8 Å². The minimum Gasteiger partial charge on any atom is -0.480 e. The molecule has 6 N–H and O–H groups in total. The highest BCUT2D eigenvalue weighted by Crippen LogP contribution is 1.97. The van der Waals surface area contributed by atoms with E-state index in [1.54, 1.807) is 0 Å². The fourth-order valence-corrected chi connectivity index (χ4v) is 1.73. The first-order valence-electron chi connectivity index (χ1n) is 5.64. The Labute approximate surface area is 116 Å². The van der Waals surface area contributed by atoms with Crippen molar-refractivity contribution in [1.29, 1.82) is 0 Å². The standard InChI is InChI=1S/C9H18N4O6S/c1-11-20(18,19)5-4-12-9(17)13-6(8(15)16)2-3-7(10)14/h6,11H,2-5H2,1H3,(H2,10,14)(H,15,16)(H2,12,13,17)/t6-/m0/s1. The van der Waals surface area contributed by atoms with Crippen LogP contribution in [0.5, 0.6) is 0 Å². The van der Waals surface area contributed by atoms with Crippen molar-refractivity contribution in [3.8, 4) is 0 Å². The van der Waals surface area contributed by atoms with Crippen LogP contribution in [0.3, 0.4) is 0 Å². The van der Waals surface area contributed by atoms with Crippen LogP contribution in [0.15, 0.2) is 0 Å². The summed E-state index contributed by atoms with van der Waals surface area (Å²) in [5, 5.41) is 13.1. The van der Waals surface area contributed by atoms with E-state index in [2.05, 4.69) is 15.4 Å². The summed E-state index contributed by atoms with van der Waals surface area (Å²) in [5.74, 6) is -2.33. The van der Waals surface area contributed by atoms with E-state index in [0.29, 0.717) is 0 Å². The first-order chi connectivity index (χ1) is 9.18. The van der Waals surface area contributed by atoms with Crippen LogP contribution in [-0.2, 0) is 19.6 Å². The molecule has 1 atom stereocenters. The van der Waals surface area contributed by atoms with Gasteiger partial charge in [-0.1, -0.05) is 0 Å². The lowest BCUT2D eigenvalue weighted by atomic mass is 10.1. The fraction of sp³-hybridized carbons (Fsp3) is 0.667. The molecule has 0 heterocycles. The molecule has 0 aromatic heterocycles. The molecule has 0 saturated heterocycles. The Morgan fingerprint density at radius 2 is 1.90 bits per heavy atom. The second-order valence-electron chi connectivity index (χ2n) is 3.82. The Bertz CT molecular complexity index is 463. The number of amides is 3. The number of rotatable bonds is 9. The van der Waals surface area contributed by atoms with Crippen molar-refractivity contribution >= 4 is 27.9 Å². The number of primary amides is 1. The Morgan fingerprint density at radius 1 is 1.30 bits per heavy atom.